The first-order chi connectivity index (χ1) is 5.93. The molecular formula is C10H19O3-. The third-order valence-electron chi connectivity index (χ3n) is 2.24. The molecule has 3 heteroatoms. The first-order valence-corrected chi connectivity index (χ1v) is 4.81. The largest absolute Gasteiger partial charge is 0.550 e. The maximum absolute atomic E-state index is 10.2. The number of hydrogen-bond donors (Lipinski definition) is 1. The van der Waals surface area contributed by atoms with Gasteiger partial charge in [0, 0.05) is 5.97 Å². The Hall–Kier alpha value is -0.570. The van der Waals surface area contributed by atoms with Crippen molar-refractivity contribution >= 4 is 5.97 Å². The summed E-state index contributed by atoms with van der Waals surface area (Å²) in [5.41, 5.74) is 0. The highest BCUT2D eigenvalue weighted by Crippen LogP contribution is 2.15. The highest BCUT2D eigenvalue weighted by Gasteiger charge is 2.11. The summed E-state index contributed by atoms with van der Waals surface area (Å²) in [6.07, 6.45) is 1.19. The van der Waals surface area contributed by atoms with Crippen LogP contribution in [0.1, 0.15) is 40.0 Å². The van der Waals surface area contributed by atoms with E-state index in [9.17, 15) is 15.0 Å². The third-order valence-corrected chi connectivity index (χ3v) is 2.24. The topological polar surface area (TPSA) is 60.4 Å². The molecule has 0 bridgehead atoms. The maximum atomic E-state index is 10.2. The van der Waals surface area contributed by atoms with Crippen LogP contribution < -0.4 is 5.11 Å². The van der Waals surface area contributed by atoms with Crippen molar-refractivity contribution in [2.75, 3.05) is 0 Å². The molecule has 0 amide bonds. The Kier molecular flexibility index (Phi) is 5.71. The van der Waals surface area contributed by atoms with Crippen LogP contribution in [0.25, 0.3) is 0 Å². The Balaban J connectivity index is 3.57. The summed E-state index contributed by atoms with van der Waals surface area (Å²) in [6, 6.07) is 0. The van der Waals surface area contributed by atoms with Crippen LogP contribution in [0.3, 0.4) is 0 Å². The summed E-state index contributed by atoms with van der Waals surface area (Å²) < 4.78 is 0. The number of carboxylic acid groups (broad SMARTS) is 1. The molecule has 0 radical (unpaired) electrons. The lowest BCUT2D eigenvalue weighted by Gasteiger charge is -2.17. The highest BCUT2D eigenvalue weighted by molar-refractivity contribution is 5.64. The van der Waals surface area contributed by atoms with E-state index in [-0.39, 0.29) is 24.4 Å². The molecule has 3 nitrogen and oxygen atoms in total. The van der Waals surface area contributed by atoms with E-state index in [1.165, 1.54) is 0 Å². The van der Waals surface area contributed by atoms with Gasteiger partial charge in [-0.2, -0.15) is 0 Å². The van der Waals surface area contributed by atoms with Gasteiger partial charge in [0.2, 0.25) is 0 Å². The van der Waals surface area contributed by atoms with Crippen molar-refractivity contribution < 1.29 is 15.0 Å². The minimum Gasteiger partial charge on any atom is -0.550 e. The fraction of sp³-hybridized carbons (Fsp3) is 0.900. The number of carboxylic acids is 1. The van der Waals surface area contributed by atoms with Crippen LogP contribution in [-0.2, 0) is 4.79 Å². The van der Waals surface area contributed by atoms with Gasteiger partial charge in [0.25, 0.3) is 0 Å². The SMILES string of the molecule is CC(C)[C@H](O)CC[C@H](C)CC(=O)[O-]. The Morgan fingerprint density at radius 2 is 1.85 bits per heavy atom. The second kappa shape index (κ2) is 5.97. The zero-order chi connectivity index (χ0) is 10.4. The van der Waals surface area contributed by atoms with Crippen LogP contribution in [-0.4, -0.2) is 17.2 Å². The molecule has 78 valence electrons. The molecule has 0 aromatic heterocycles. The van der Waals surface area contributed by atoms with E-state index < -0.39 is 5.97 Å². The number of hydrogen-bond acceptors (Lipinski definition) is 3. The van der Waals surface area contributed by atoms with Crippen LogP contribution in [0, 0.1) is 11.8 Å². The van der Waals surface area contributed by atoms with Gasteiger partial charge in [0.05, 0.1) is 6.10 Å². The molecule has 0 unspecified atom stereocenters. The zero-order valence-corrected chi connectivity index (χ0v) is 8.62. The van der Waals surface area contributed by atoms with Gasteiger partial charge in [-0.25, -0.2) is 0 Å². The zero-order valence-electron chi connectivity index (χ0n) is 8.62. The standard InChI is InChI=1S/C10H20O3/c1-7(2)9(11)5-4-8(3)6-10(12)13/h7-9,11H,4-6H2,1-3H3,(H,12,13)/p-1/t8-,9+/m0/s1. The number of aliphatic hydroxyl groups excluding tert-OH is 1. The Morgan fingerprint density at radius 3 is 2.23 bits per heavy atom. The molecule has 0 rings (SSSR count). The Labute approximate surface area is 79.8 Å². The predicted molar refractivity (Wildman–Crippen MR) is 48.9 cm³/mol. The quantitative estimate of drug-likeness (QED) is 0.661. The fourth-order valence-corrected chi connectivity index (χ4v) is 1.18. The lowest BCUT2D eigenvalue weighted by molar-refractivity contribution is -0.306. The van der Waals surface area contributed by atoms with Gasteiger partial charge in [-0.15, -0.1) is 0 Å². The van der Waals surface area contributed by atoms with Gasteiger partial charge in [-0.05, 0) is 31.1 Å². The summed E-state index contributed by atoms with van der Waals surface area (Å²) in [7, 11) is 0. The maximum Gasteiger partial charge on any atom is 0.0563 e. The molecule has 0 saturated heterocycles. The van der Waals surface area contributed by atoms with Crippen LogP contribution in [0.2, 0.25) is 0 Å². The minimum atomic E-state index is -1.01. The number of rotatable bonds is 6. The first kappa shape index (κ1) is 12.4. The van der Waals surface area contributed by atoms with Crippen molar-refractivity contribution in [2.45, 2.75) is 46.1 Å². The molecule has 1 N–H and O–H groups in total. The average molecular weight is 187 g/mol. The molecule has 0 spiro atoms. The van der Waals surface area contributed by atoms with Gasteiger partial charge in [0.1, 0.15) is 0 Å². The Morgan fingerprint density at radius 1 is 1.31 bits per heavy atom. The van der Waals surface area contributed by atoms with Gasteiger partial charge >= 0.3 is 0 Å². The van der Waals surface area contributed by atoms with Gasteiger partial charge in [0.15, 0.2) is 0 Å². The van der Waals surface area contributed by atoms with E-state index in [0.717, 1.165) is 6.42 Å². The van der Waals surface area contributed by atoms with Gasteiger partial charge in [-0.3, -0.25) is 0 Å². The predicted octanol–water partition coefficient (Wildman–Crippen LogP) is 0.560. The molecule has 0 heterocycles. The molecule has 0 aliphatic heterocycles. The second-order valence-corrected chi connectivity index (χ2v) is 4.07. The summed E-state index contributed by atoms with van der Waals surface area (Å²) >= 11 is 0. The van der Waals surface area contributed by atoms with Crippen LogP contribution >= 0.6 is 0 Å². The monoisotopic (exact) mass is 187 g/mol. The molecule has 0 aromatic carbocycles. The molecule has 0 aliphatic rings. The van der Waals surface area contributed by atoms with Crippen LogP contribution in [0.5, 0.6) is 0 Å². The average Bonchev–Trinajstić information content (AvgIpc) is 1.98. The molecule has 0 aromatic rings. The summed E-state index contributed by atoms with van der Waals surface area (Å²) in [4.78, 5) is 10.2. The van der Waals surface area contributed by atoms with Crippen LogP contribution in [0.4, 0.5) is 0 Å². The van der Waals surface area contributed by atoms with Crippen molar-refractivity contribution in [3.63, 3.8) is 0 Å². The van der Waals surface area contributed by atoms with E-state index in [1.54, 1.807) is 0 Å². The van der Waals surface area contributed by atoms with E-state index in [2.05, 4.69) is 0 Å². The normalized spacial score (nSPS) is 15.8. The van der Waals surface area contributed by atoms with E-state index >= 15 is 0 Å². The van der Waals surface area contributed by atoms with Gasteiger partial charge < -0.3 is 15.0 Å². The van der Waals surface area contributed by atoms with Crippen molar-refractivity contribution in [1.29, 1.82) is 0 Å². The smallest absolute Gasteiger partial charge is 0.0563 e. The highest BCUT2D eigenvalue weighted by atomic mass is 16.4. The summed E-state index contributed by atoms with van der Waals surface area (Å²) in [5.74, 6) is -0.667. The molecule has 0 aliphatic carbocycles. The number of aliphatic carboxylic acids is 1. The van der Waals surface area contributed by atoms with Gasteiger partial charge in [-0.1, -0.05) is 20.8 Å². The lowest BCUT2D eigenvalue weighted by Crippen LogP contribution is -2.25. The molecular weight excluding hydrogens is 168 g/mol. The van der Waals surface area contributed by atoms with E-state index in [4.69, 9.17) is 0 Å². The summed E-state index contributed by atoms with van der Waals surface area (Å²) in [6.45, 7) is 5.77. The number of carbonyl (C=O) groups is 1. The summed E-state index contributed by atoms with van der Waals surface area (Å²) in [5, 5.41) is 19.7. The molecule has 0 fully saturated rings. The second-order valence-electron chi connectivity index (χ2n) is 4.07. The number of aliphatic hydroxyl groups is 1. The lowest BCUT2D eigenvalue weighted by atomic mass is 9.95. The molecule has 0 saturated carbocycles. The van der Waals surface area contributed by atoms with Crippen molar-refractivity contribution in [2.24, 2.45) is 11.8 Å². The van der Waals surface area contributed by atoms with E-state index in [1.807, 2.05) is 20.8 Å². The van der Waals surface area contributed by atoms with Crippen molar-refractivity contribution in [3.8, 4) is 0 Å². The van der Waals surface area contributed by atoms with E-state index in [0.29, 0.717) is 6.42 Å². The molecule has 13 heavy (non-hydrogen) atoms. The van der Waals surface area contributed by atoms with Crippen molar-refractivity contribution in [3.05, 3.63) is 0 Å². The fourth-order valence-electron chi connectivity index (χ4n) is 1.18. The first-order valence-electron chi connectivity index (χ1n) is 4.81. The minimum absolute atomic E-state index is 0.0881. The van der Waals surface area contributed by atoms with Crippen LogP contribution in [0.15, 0.2) is 0 Å². The third kappa shape index (κ3) is 6.58. The molecule has 2 atom stereocenters. The van der Waals surface area contributed by atoms with Crippen molar-refractivity contribution in [1.82, 2.24) is 0 Å². The number of carbonyl (C=O) groups excluding carboxylic acids is 1. The Bertz CT molecular complexity index is 154.